The van der Waals surface area contributed by atoms with Gasteiger partial charge in [0.05, 0.1) is 19.6 Å². The summed E-state index contributed by atoms with van der Waals surface area (Å²) in [5.74, 6) is 1.29. The quantitative estimate of drug-likeness (QED) is 0.770. The fourth-order valence-electron chi connectivity index (χ4n) is 2.60. The normalized spacial score (nSPS) is 14.2. The van der Waals surface area contributed by atoms with Crippen molar-refractivity contribution in [2.24, 2.45) is 0 Å². The molecule has 0 fully saturated rings. The van der Waals surface area contributed by atoms with Crippen molar-refractivity contribution in [1.29, 1.82) is 0 Å². The number of hydrogen-bond donors (Lipinski definition) is 2. The molecule has 1 aliphatic rings. The van der Waals surface area contributed by atoms with Crippen LogP contribution in [0.1, 0.15) is 25.8 Å². The van der Waals surface area contributed by atoms with Crippen LogP contribution in [-0.4, -0.2) is 39.8 Å². The molecule has 0 unspecified atom stereocenters. The lowest BCUT2D eigenvalue weighted by atomic mass is 9.83. The number of hydrogen-bond acceptors (Lipinski definition) is 4. The van der Waals surface area contributed by atoms with Gasteiger partial charge in [-0.3, -0.25) is 4.79 Å². The molecule has 0 saturated heterocycles. The van der Waals surface area contributed by atoms with Crippen LogP contribution in [-0.2, 0) is 10.2 Å². The molecule has 0 saturated carbocycles. The van der Waals surface area contributed by atoms with Crippen LogP contribution in [0.15, 0.2) is 29.8 Å². The Kier molecular flexibility index (Phi) is 7.58. The average molecular weight is 355 g/mol. The van der Waals surface area contributed by atoms with E-state index in [0.717, 1.165) is 25.1 Å². The van der Waals surface area contributed by atoms with Crippen molar-refractivity contribution in [3.8, 4) is 11.5 Å². The second-order valence-electron chi connectivity index (χ2n) is 6.19. The molecule has 0 radical (unpaired) electrons. The molecule has 1 aromatic carbocycles. The van der Waals surface area contributed by atoms with Crippen molar-refractivity contribution in [1.82, 2.24) is 10.6 Å². The first-order valence-electron chi connectivity index (χ1n) is 7.88. The molecule has 1 aliphatic heterocycles. The van der Waals surface area contributed by atoms with E-state index in [1.165, 1.54) is 5.57 Å². The van der Waals surface area contributed by atoms with E-state index < -0.39 is 5.41 Å². The molecule has 0 bridgehead atoms. The maximum absolute atomic E-state index is 12.6. The maximum atomic E-state index is 12.6. The molecule has 2 rings (SSSR count). The lowest BCUT2D eigenvalue weighted by molar-refractivity contribution is -0.125. The van der Waals surface area contributed by atoms with Crippen LogP contribution in [0.4, 0.5) is 0 Å². The SMILES string of the molecule is COc1ccc(C(C)(C)C(=O)NCC2=CCNCC2)cc1OC.Cl. The zero-order chi connectivity index (χ0) is 16.9. The van der Waals surface area contributed by atoms with Gasteiger partial charge in [0.1, 0.15) is 0 Å². The predicted octanol–water partition coefficient (Wildman–Crippen LogP) is 2.44. The minimum atomic E-state index is -0.646. The van der Waals surface area contributed by atoms with Crippen molar-refractivity contribution >= 4 is 18.3 Å². The molecular formula is C18H27ClN2O3. The van der Waals surface area contributed by atoms with Crippen molar-refractivity contribution in [2.45, 2.75) is 25.7 Å². The minimum absolute atomic E-state index is 0. The molecule has 1 aromatic rings. The molecule has 134 valence electrons. The molecule has 0 aromatic heterocycles. The summed E-state index contributed by atoms with van der Waals surface area (Å²) in [6.07, 6.45) is 3.13. The van der Waals surface area contributed by atoms with Crippen LogP contribution < -0.4 is 20.1 Å². The Bertz CT molecular complexity index is 600. The molecule has 1 amide bonds. The van der Waals surface area contributed by atoms with Gasteiger partial charge in [-0.15, -0.1) is 12.4 Å². The van der Waals surface area contributed by atoms with E-state index in [1.807, 2.05) is 32.0 Å². The third kappa shape index (κ3) is 4.65. The second kappa shape index (κ2) is 8.94. The van der Waals surface area contributed by atoms with E-state index in [1.54, 1.807) is 14.2 Å². The summed E-state index contributed by atoms with van der Waals surface area (Å²) in [5, 5.41) is 6.32. The predicted molar refractivity (Wildman–Crippen MR) is 98.4 cm³/mol. The number of carbonyl (C=O) groups is 1. The maximum Gasteiger partial charge on any atom is 0.230 e. The summed E-state index contributed by atoms with van der Waals surface area (Å²) in [4.78, 5) is 12.6. The Morgan fingerprint density at radius 2 is 1.96 bits per heavy atom. The number of ether oxygens (including phenoxy) is 2. The van der Waals surface area contributed by atoms with Crippen molar-refractivity contribution < 1.29 is 14.3 Å². The van der Waals surface area contributed by atoms with E-state index in [2.05, 4.69) is 16.7 Å². The Labute approximate surface area is 150 Å². The molecule has 6 heteroatoms. The Morgan fingerprint density at radius 3 is 2.54 bits per heavy atom. The Morgan fingerprint density at radius 1 is 1.25 bits per heavy atom. The summed E-state index contributed by atoms with van der Waals surface area (Å²) in [6, 6.07) is 5.60. The summed E-state index contributed by atoms with van der Waals surface area (Å²) < 4.78 is 10.6. The largest absolute Gasteiger partial charge is 0.493 e. The number of methoxy groups -OCH3 is 2. The highest BCUT2D eigenvalue weighted by atomic mass is 35.5. The van der Waals surface area contributed by atoms with Crippen LogP contribution in [0.5, 0.6) is 11.5 Å². The number of rotatable bonds is 6. The summed E-state index contributed by atoms with van der Waals surface area (Å²) in [6.45, 7) is 6.29. The molecule has 2 N–H and O–H groups in total. The lowest BCUT2D eigenvalue weighted by Gasteiger charge is -2.26. The van der Waals surface area contributed by atoms with Gasteiger partial charge in [0.25, 0.3) is 0 Å². The summed E-state index contributed by atoms with van der Waals surface area (Å²) >= 11 is 0. The average Bonchev–Trinajstić information content (AvgIpc) is 2.59. The van der Waals surface area contributed by atoms with E-state index in [-0.39, 0.29) is 18.3 Å². The number of nitrogens with one attached hydrogen (secondary N) is 2. The van der Waals surface area contributed by atoms with Crippen LogP contribution in [0, 0.1) is 0 Å². The monoisotopic (exact) mass is 354 g/mol. The smallest absolute Gasteiger partial charge is 0.230 e. The van der Waals surface area contributed by atoms with Gasteiger partial charge < -0.3 is 20.1 Å². The van der Waals surface area contributed by atoms with E-state index in [0.29, 0.717) is 18.0 Å². The summed E-state index contributed by atoms with van der Waals surface area (Å²) in [7, 11) is 3.19. The van der Waals surface area contributed by atoms with E-state index >= 15 is 0 Å². The fourth-order valence-corrected chi connectivity index (χ4v) is 2.60. The van der Waals surface area contributed by atoms with Crippen LogP contribution >= 0.6 is 12.4 Å². The topological polar surface area (TPSA) is 59.6 Å². The second-order valence-corrected chi connectivity index (χ2v) is 6.19. The highest BCUT2D eigenvalue weighted by Crippen LogP contribution is 2.33. The van der Waals surface area contributed by atoms with Crippen LogP contribution in [0.3, 0.4) is 0 Å². The first kappa shape index (κ1) is 20.3. The molecular weight excluding hydrogens is 328 g/mol. The molecule has 5 nitrogen and oxygen atoms in total. The van der Waals surface area contributed by atoms with Crippen LogP contribution in [0.2, 0.25) is 0 Å². The zero-order valence-corrected chi connectivity index (χ0v) is 15.6. The Balaban J connectivity index is 0.00000288. The molecule has 0 atom stereocenters. The third-order valence-corrected chi connectivity index (χ3v) is 4.31. The lowest BCUT2D eigenvalue weighted by Crippen LogP contribution is -2.41. The number of halogens is 1. The van der Waals surface area contributed by atoms with Crippen molar-refractivity contribution in [3.63, 3.8) is 0 Å². The first-order chi connectivity index (χ1) is 11.0. The molecule has 24 heavy (non-hydrogen) atoms. The van der Waals surface area contributed by atoms with Gasteiger partial charge in [-0.05, 0) is 44.5 Å². The zero-order valence-electron chi connectivity index (χ0n) is 14.8. The third-order valence-electron chi connectivity index (χ3n) is 4.31. The highest BCUT2D eigenvalue weighted by molar-refractivity contribution is 5.87. The number of benzene rings is 1. The van der Waals surface area contributed by atoms with Gasteiger partial charge in [0.2, 0.25) is 5.91 Å². The molecule has 0 spiro atoms. The van der Waals surface area contributed by atoms with Gasteiger partial charge >= 0.3 is 0 Å². The van der Waals surface area contributed by atoms with Crippen molar-refractivity contribution in [2.75, 3.05) is 33.9 Å². The van der Waals surface area contributed by atoms with Crippen LogP contribution in [0.25, 0.3) is 0 Å². The number of amides is 1. The van der Waals surface area contributed by atoms with Gasteiger partial charge in [-0.2, -0.15) is 0 Å². The minimum Gasteiger partial charge on any atom is -0.493 e. The van der Waals surface area contributed by atoms with E-state index in [4.69, 9.17) is 9.47 Å². The molecule has 1 heterocycles. The van der Waals surface area contributed by atoms with Gasteiger partial charge in [-0.1, -0.05) is 17.7 Å². The van der Waals surface area contributed by atoms with Crippen molar-refractivity contribution in [3.05, 3.63) is 35.4 Å². The fraction of sp³-hybridized carbons (Fsp3) is 0.500. The highest BCUT2D eigenvalue weighted by Gasteiger charge is 2.30. The number of carbonyl (C=O) groups excluding carboxylic acids is 1. The summed E-state index contributed by atoms with van der Waals surface area (Å²) in [5.41, 5.74) is 1.53. The molecule has 0 aliphatic carbocycles. The van der Waals surface area contributed by atoms with Gasteiger partial charge in [0.15, 0.2) is 11.5 Å². The van der Waals surface area contributed by atoms with E-state index in [9.17, 15) is 4.79 Å². The Hall–Kier alpha value is -1.72. The first-order valence-corrected chi connectivity index (χ1v) is 7.88. The van der Waals surface area contributed by atoms with Gasteiger partial charge in [-0.25, -0.2) is 0 Å². The standard InChI is InChI=1S/C18H26N2O3.ClH/c1-18(2,14-5-6-15(22-3)16(11-14)23-4)17(21)20-12-13-7-9-19-10-8-13;/h5-7,11,19H,8-10,12H2,1-4H3,(H,20,21);1H. The van der Waals surface area contributed by atoms with Gasteiger partial charge in [0, 0.05) is 13.1 Å².